The van der Waals surface area contributed by atoms with E-state index in [1.807, 2.05) is 17.0 Å². The topological polar surface area (TPSA) is 32.3 Å². The van der Waals surface area contributed by atoms with Crippen molar-refractivity contribution in [2.75, 3.05) is 11.9 Å². The molecule has 1 N–H and O–H groups in total. The highest BCUT2D eigenvalue weighted by atomic mass is 35.5. The molecule has 1 unspecified atom stereocenters. The minimum absolute atomic E-state index is 0.0312. The Morgan fingerprint density at radius 2 is 2.22 bits per heavy atom. The van der Waals surface area contributed by atoms with Gasteiger partial charge in [-0.05, 0) is 30.5 Å². The van der Waals surface area contributed by atoms with Crippen LogP contribution >= 0.6 is 23.2 Å². The number of piperidine rings is 1. The van der Waals surface area contributed by atoms with E-state index in [4.69, 9.17) is 23.2 Å². The smallest absolute Gasteiger partial charge is 0.317 e. The van der Waals surface area contributed by atoms with Crippen molar-refractivity contribution in [3.63, 3.8) is 0 Å². The quantitative estimate of drug-likeness (QED) is 0.721. The molecule has 1 saturated heterocycles. The van der Waals surface area contributed by atoms with Gasteiger partial charge in [0.15, 0.2) is 0 Å². The summed E-state index contributed by atoms with van der Waals surface area (Å²) in [7, 11) is 0. The van der Waals surface area contributed by atoms with Crippen LogP contribution in [-0.2, 0) is 0 Å². The normalized spacial score (nSPS) is 30.5. The lowest BCUT2D eigenvalue weighted by molar-refractivity contribution is 0.128. The molecule has 18 heavy (non-hydrogen) atoms. The van der Waals surface area contributed by atoms with Crippen LogP contribution in [0.5, 0.6) is 0 Å². The van der Waals surface area contributed by atoms with E-state index in [1.165, 1.54) is 0 Å². The average molecular weight is 285 g/mol. The molecule has 1 aromatic rings. The third-order valence-electron chi connectivity index (χ3n) is 3.88. The van der Waals surface area contributed by atoms with Crippen molar-refractivity contribution in [1.29, 1.82) is 0 Å². The van der Waals surface area contributed by atoms with Gasteiger partial charge in [0.25, 0.3) is 0 Å². The van der Waals surface area contributed by atoms with Gasteiger partial charge in [0.05, 0.1) is 6.04 Å². The minimum atomic E-state index is -0.0368. The highest BCUT2D eigenvalue weighted by molar-refractivity contribution is 6.30. The summed E-state index contributed by atoms with van der Waals surface area (Å²) in [6.45, 7) is 2.79. The fraction of sp³-hybridized carbons (Fsp3) is 0.462. The Balaban J connectivity index is 2.10. The number of nitrogens with zero attached hydrogens (tertiary/aromatic N) is 1. The van der Waals surface area contributed by atoms with Crippen molar-refractivity contribution in [3.8, 4) is 0 Å². The van der Waals surface area contributed by atoms with Crippen molar-refractivity contribution >= 4 is 34.9 Å². The summed E-state index contributed by atoms with van der Waals surface area (Å²) >= 11 is 12.4. The number of fused-ring (bicyclic) bond motifs is 3. The number of nitrogens with one attached hydrogen (secondary N) is 1. The van der Waals surface area contributed by atoms with Crippen LogP contribution in [0.25, 0.3) is 0 Å². The van der Waals surface area contributed by atoms with Crippen LogP contribution in [0.2, 0.25) is 5.02 Å². The molecule has 1 fully saturated rings. The minimum Gasteiger partial charge on any atom is -0.317 e. The zero-order valence-corrected chi connectivity index (χ0v) is 11.5. The summed E-state index contributed by atoms with van der Waals surface area (Å²) in [5, 5.41) is 3.70. The summed E-state index contributed by atoms with van der Waals surface area (Å²) in [6.07, 6.45) is 0.836. The molecule has 5 heteroatoms. The fourth-order valence-electron chi connectivity index (χ4n) is 2.90. The SMILES string of the molecule is C[C@H]1C(Cl)CCN2C(=O)Nc3ccc(Cl)cc3[C@H]12. The molecule has 3 atom stereocenters. The van der Waals surface area contributed by atoms with Crippen LogP contribution in [0, 0.1) is 5.92 Å². The van der Waals surface area contributed by atoms with Gasteiger partial charge in [-0.1, -0.05) is 18.5 Å². The second kappa shape index (κ2) is 4.32. The van der Waals surface area contributed by atoms with E-state index in [0.717, 1.165) is 17.7 Å². The van der Waals surface area contributed by atoms with E-state index in [2.05, 4.69) is 12.2 Å². The van der Waals surface area contributed by atoms with E-state index in [1.54, 1.807) is 6.07 Å². The number of urea groups is 1. The maximum Gasteiger partial charge on any atom is 0.322 e. The second-order valence-electron chi connectivity index (χ2n) is 4.96. The Morgan fingerprint density at radius 1 is 1.44 bits per heavy atom. The van der Waals surface area contributed by atoms with Crippen molar-refractivity contribution in [1.82, 2.24) is 4.90 Å². The average Bonchev–Trinajstić information content (AvgIpc) is 2.34. The van der Waals surface area contributed by atoms with Gasteiger partial charge in [-0.25, -0.2) is 4.79 Å². The lowest BCUT2D eigenvalue weighted by atomic mass is 9.84. The molecule has 0 aromatic heterocycles. The van der Waals surface area contributed by atoms with Crippen LogP contribution in [0.15, 0.2) is 18.2 Å². The first-order valence-electron chi connectivity index (χ1n) is 6.09. The maximum absolute atomic E-state index is 12.1. The molecule has 0 spiro atoms. The Bertz CT molecular complexity index is 506. The summed E-state index contributed by atoms with van der Waals surface area (Å²) in [6, 6.07) is 5.58. The lowest BCUT2D eigenvalue weighted by Gasteiger charge is -2.45. The molecule has 2 aliphatic rings. The number of alkyl halides is 1. The molecule has 2 aliphatic heterocycles. The fourth-order valence-corrected chi connectivity index (χ4v) is 3.32. The summed E-state index contributed by atoms with van der Waals surface area (Å²) in [4.78, 5) is 13.9. The van der Waals surface area contributed by atoms with Gasteiger partial charge < -0.3 is 10.2 Å². The van der Waals surface area contributed by atoms with Gasteiger partial charge in [-0.15, -0.1) is 11.6 Å². The first-order chi connectivity index (χ1) is 8.58. The third kappa shape index (κ3) is 1.77. The number of hydrogen-bond acceptors (Lipinski definition) is 1. The zero-order valence-electron chi connectivity index (χ0n) is 9.99. The Labute approximate surface area is 116 Å². The second-order valence-corrected chi connectivity index (χ2v) is 5.96. The molecular weight excluding hydrogens is 271 g/mol. The van der Waals surface area contributed by atoms with Gasteiger partial charge >= 0.3 is 6.03 Å². The predicted molar refractivity (Wildman–Crippen MR) is 73.3 cm³/mol. The first-order valence-corrected chi connectivity index (χ1v) is 6.90. The van der Waals surface area contributed by atoms with Gasteiger partial charge in [0.1, 0.15) is 0 Å². The summed E-state index contributed by atoms with van der Waals surface area (Å²) in [5.74, 6) is 0.226. The number of anilines is 1. The number of carbonyl (C=O) groups excluding carboxylic acids is 1. The Morgan fingerprint density at radius 3 is 3.00 bits per heavy atom. The highest BCUT2D eigenvalue weighted by Gasteiger charge is 2.41. The molecule has 0 aliphatic carbocycles. The van der Waals surface area contributed by atoms with Gasteiger partial charge in [-0.2, -0.15) is 0 Å². The number of benzene rings is 1. The summed E-state index contributed by atoms with van der Waals surface area (Å²) < 4.78 is 0. The molecule has 3 rings (SSSR count). The highest BCUT2D eigenvalue weighted by Crippen LogP contribution is 2.44. The molecule has 2 heterocycles. The molecule has 3 nitrogen and oxygen atoms in total. The van der Waals surface area contributed by atoms with Crippen LogP contribution in [-0.4, -0.2) is 22.9 Å². The van der Waals surface area contributed by atoms with Crippen molar-refractivity contribution in [3.05, 3.63) is 28.8 Å². The van der Waals surface area contributed by atoms with Crippen LogP contribution in [0.1, 0.15) is 24.9 Å². The lowest BCUT2D eigenvalue weighted by Crippen LogP contribution is -2.50. The monoisotopic (exact) mass is 284 g/mol. The van der Waals surface area contributed by atoms with Crippen molar-refractivity contribution in [2.45, 2.75) is 24.8 Å². The van der Waals surface area contributed by atoms with Crippen molar-refractivity contribution in [2.24, 2.45) is 5.92 Å². The van der Waals surface area contributed by atoms with Gasteiger partial charge in [0.2, 0.25) is 0 Å². The molecule has 1 aromatic carbocycles. The third-order valence-corrected chi connectivity index (χ3v) is 4.74. The molecule has 0 saturated carbocycles. The predicted octanol–water partition coefficient (Wildman–Crippen LogP) is 3.88. The van der Waals surface area contributed by atoms with E-state index in [-0.39, 0.29) is 23.4 Å². The molecule has 2 amide bonds. The maximum atomic E-state index is 12.1. The van der Waals surface area contributed by atoms with E-state index in [9.17, 15) is 4.79 Å². The number of halogens is 2. The van der Waals surface area contributed by atoms with Crippen LogP contribution < -0.4 is 5.32 Å². The standard InChI is InChI=1S/C13H14Cl2N2O/c1-7-10(15)4-5-17-12(7)9-6-8(14)2-3-11(9)16-13(17)18/h2-3,6-7,10,12H,4-5H2,1H3,(H,16,18)/t7-,10?,12-/m0/s1. The van der Waals surface area contributed by atoms with E-state index >= 15 is 0 Å². The molecular formula is C13H14Cl2N2O. The van der Waals surface area contributed by atoms with Crippen LogP contribution in [0.3, 0.4) is 0 Å². The first kappa shape index (κ1) is 12.1. The summed E-state index contributed by atoms with van der Waals surface area (Å²) in [5.41, 5.74) is 1.92. The van der Waals surface area contributed by atoms with Gasteiger partial charge in [0, 0.05) is 28.2 Å². The van der Waals surface area contributed by atoms with Gasteiger partial charge in [-0.3, -0.25) is 0 Å². The Hall–Kier alpha value is -0.930. The Kier molecular flexibility index (Phi) is 2.91. The molecule has 96 valence electrons. The largest absolute Gasteiger partial charge is 0.322 e. The van der Waals surface area contributed by atoms with Crippen molar-refractivity contribution < 1.29 is 4.79 Å². The van der Waals surface area contributed by atoms with E-state index in [0.29, 0.717) is 11.6 Å². The molecule has 0 bridgehead atoms. The van der Waals surface area contributed by atoms with E-state index < -0.39 is 0 Å². The number of hydrogen-bond donors (Lipinski definition) is 1. The number of amides is 2. The van der Waals surface area contributed by atoms with Crippen LogP contribution in [0.4, 0.5) is 10.5 Å². The zero-order chi connectivity index (χ0) is 12.9. The number of carbonyl (C=O) groups is 1. The number of rotatable bonds is 0. The molecule has 0 radical (unpaired) electrons.